The average Bonchev–Trinajstić information content (AvgIpc) is 3.13. The van der Waals surface area contributed by atoms with E-state index in [0.717, 1.165) is 35.2 Å². The Morgan fingerprint density at radius 1 is 0.827 bits per heavy atom. The van der Waals surface area contributed by atoms with Gasteiger partial charge in [0, 0.05) is 45.0 Å². The van der Waals surface area contributed by atoms with E-state index in [1.807, 2.05) is 56.1 Å². The van der Waals surface area contributed by atoms with E-state index in [1.54, 1.807) is 11.0 Å². The van der Waals surface area contributed by atoms with Crippen molar-refractivity contribution in [3.63, 3.8) is 0 Å². The third kappa shape index (κ3) is 11.9. The standard InChI is InChI=1S/C38H54N6O8/c1-28-7-8-29(2)33(23-28)40-35(45)24-31-9-14-48-19-20-51-18-13-43(39-27-52-22-21-49-15-10-31)25-34-41-37-30(3)5-4-6-32(37)38(47)44(34)26-36(46)42-11-16-50-17-12-42/h4-8,23,31,39H,9-22,24-27H2,1-3H3,(H,40,45). The number of hydrogen-bond donors (Lipinski definition) is 2. The zero-order valence-corrected chi connectivity index (χ0v) is 30.8. The zero-order valence-electron chi connectivity index (χ0n) is 30.8. The third-order valence-corrected chi connectivity index (χ3v) is 9.38. The Bertz CT molecular complexity index is 1660. The summed E-state index contributed by atoms with van der Waals surface area (Å²) < 4.78 is 30.4. The first kappa shape index (κ1) is 39.4. The summed E-state index contributed by atoms with van der Waals surface area (Å²) in [5.74, 6) is 0.409. The maximum absolute atomic E-state index is 13.8. The van der Waals surface area contributed by atoms with Crippen LogP contribution in [0, 0.1) is 26.7 Å². The van der Waals surface area contributed by atoms with Gasteiger partial charge in [0.1, 0.15) is 19.1 Å². The second-order valence-electron chi connectivity index (χ2n) is 13.4. The zero-order chi connectivity index (χ0) is 36.7. The number of morpholine rings is 1. The van der Waals surface area contributed by atoms with Crippen LogP contribution < -0.4 is 16.3 Å². The van der Waals surface area contributed by atoms with Gasteiger partial charge in [0.05, 0.1) is 63.7 Å². The van der Waals surface area contributed by atoms with Crippen molar-refractivity contribution in [3.05, 3.63) is 69.3 Å². The topological polar surface area (TPSA) is 146 Å². The van der Waals surface area contributed by atoms with Crippen LogP contribution in [0.15, 0.2) is 41.2 Å². The van der Waals surface area contributed by atoms with E-state index in [4.69, 9.17) is 28.7 Å². The Balaban J connectivity index is 1.18. The van der Waals surface area contributed by atoms with Crippen LogP contribution >= 0.6 is 0 Å². The molecule has 52 heavy (non-hydrogen) atoms. The van der Waals surface area contributed by atoms with Crippen LogP contribution in [0.2, 0.25) is 0 Å². The van der Waals surface area contributed by atoms with Crippen LogP contribution in [0.25, 0.3) is 10.9 Å². The van der Waals surface area contributed by atoms with Gasteiger partial charge >= 0.3 is 0 Å². The number of aromatic nitrogens is 2. The average molecular weight is 723 g/mol. The maximum atomic E-state index is 13.8. The molecule has 5 rings (SSSR count). The number of anilines is 1. The molecular formula is C38H54N6O8. The molecule has 2 saturated heterocycles. The van der Waals surface area contributed by atoms with Gasteiger partial charge in [0.2, 0.25) is 11.8 Å². The first-order valence-electron chi connectivity index (χ1n) is 18.3. The number of ether oxygens (including phenoxy) is 5. The van der Waals surface area contributed by atoms with Crippen LogP contribution in [0.5, 0.6) is 0 Å². The fourth-order valence-corrected chi connectivity index (χ4v) is 6.26. The van der Waals surface area contributed by atoms with Crippen molar-refractivity contribution in [1.29, 1.82) is 0 Å². The van der Waals surface area contributed by atoms with Gasteiger partial charge in [0.25, 0.3) is 5.56 Å². The molecule has 2 aliphatic heterocycles. The summed E-state index contributed by atoms with van der Waals surface area (Å²) in [6, 6.07) is 11.5. The molecule has 0 bridgehead atoms. The van der Waals surface area contributed by atoms with Gasteiger partial charge < -0.3 is 33.9 Å². The lowest BCUT2D eigenvalue weighted by Gasteiger charge is -2.28. The second-order valence-corrected chi connectivity index (χ2v) is 13.4. The molecule has 0 aliphatic carbocycles. The molecule has 2 amide bonds. The highest BCUT2D eigenvalue weighted by atomic mass is 16.5. The molecule has 2 N–H and O–H groups in total. The number of carbonyl (C=O) groups excluding carboxylic acids is 2. The fourth-order valence-electron chi connectivity index (χ4n) is 6.26. The number of fused-ring (bicyclic) bond motifs is 1. The molecule has 1 unspecified atom stereocenters. The Hall–Kier alpha value is -3.76. The van der Waals surface area contributed by atoms with Crippen molar-refractivity contribution in [2.24, 2.45) is 5.92 Å². The number of benzene rings is 2. The van der Waals surface area contributed by atoms with Crippen LogP contribution in [0.1, 0.15) is 41.8 Å². The fraction of sp³-hybridized carbons (Fsp3) is 0.579. The normalized spacial score (nSPS) is 19.5. The summed E-state index contributed by atoms with van der Waals surface area (Å²) in [6.07, 6.45) is 1.83. The Labute approximate surface area is 305 Å². The molecule has 2 aliphatic rings. The van der Waals surface area contributed by atoms with Gasteiger partial charge in [-0.2, -0.15) is 0 Å². The predicted molar refractivity (Wildman–Crippen MR) is 197 cm³/mol. The number of amides is 2. The van der Waals surface area contributed by atoms with E-state index in [2.05, 4.69) is 10.7 Å². The quantitative estimate of drug-likeness (QED) is 0.372. The first-order chi connectivity index (χ1) is 25.3. The van der Waals surface area contributed by atoms with Crippen molar-refractivity contribution in [3.8, 4) is 0 Å². The van der Waals surface area contributed by atoms with Crippen molar-refractivity contribution in [2.75, 3.05) is 91.1 Å². The van der Waals surface area contributed by atoms with Gasteiger partial charge in [-0.25, -0.2) is 15.4 Å². The van der Waals surface area contributed by atoms with Gasteiger partial charge in [0.15, 0.2) is 0 Å². The highest BCUT2D eigenvalue weighted by Crippen LogP contribution is 2.20. The summed E-state index contributed by atoms with van der Waals surface area (Å²) in [4.78, 5) is 46.7. The van der Waals surface area contributed by atoms with E-state index in [1.165, 1.54) is 4.57 Å². The monoisotopic (exact) mass is 722 g/mol. The highest BCUT2D eigenvalue weighted by molar-refractivity contribution is 5.91. The second kappa shape index (κ2) is 20.5. The maximum Gasteiger partial charge on any atom is 0.261 e. The van der Waals surface area contributed by atoms with Crippen molar-refractivity contribution >= 4 is 28.4 Å². The largest absolute Gasteiger partial charge is 0.379 e. The Morgan fingerprint density at radius 3 is 2.25 bits per heavy atom. The molecule has 2 fully saturated rings. The van der Waals surface area contributed by atoms with E-state index in [-0.39, 0.29) is 43.1 Å². The summed E-state index contributed by atoms with van der Waals surface area (Å²) >= 11 is 0. The van der Waals surface area contributed by atoms with Gasteiger partial charge in [-0.3, -0.25) is 19.0 Å². The number of rotatable bonds is 7. The third-order valence-electron chi connectivity index (χ3n) is 9.38. The number of para-hydroxylation sites is 1. The molecule has 284 valence electrons. The number of nitrogens with zero attached hydrogens (tertiary/aromatic N) is 4. The van der Waals surface area contributed by atoms with Crippen molar-refractivity contribution in [1.82, 2.24) is 24.9 Å². The van der Waals surface area contributed by atoms with E-state index >= 15 is 0 Å². The lowest BCUT2D eigenvalue weighted by Crippen LogP contribution is -2.45. The smallest absolute Gasteiger partial charge is 0.261 e. The van der Waals surface area contributed by atoms with Gasteiger partial charge in [-0.05, 0) is 68.4 Å². The minimum absolute atomic E-state index is 0.0159. The number of aryl methyl sites for hydroxylation is 3. The predicted octanol–water partition coefficient (Wildman–Crippen LogP) is 2.95. The first-order valence-corrected chi connectivity index (χ1v) is 18.3. The summed E-state index contributed by atoms with van der Waals surface area (Å²) in [5, 5.41) is 5.44. The highest BCUT2D eigenvalue weighted by Gasteiger charge is 2.22. The van der Waals surface area contributed by atoms with Crippen LogP contribution in [0.3, 0.4) is 0 Å². The molecule has 0 radical (unpaired) electrons. The van der Waals surface area contributed by atoms with Crippen LogP contribution in [-0.4, -0.2) is 117 Å². The van der Waals surface area contributed by atoms with Crippen molar-refractivity contribution < 1.29 is 33.3 Å². The minimum Gasteiger partial charge on any atom is -0.379 e. The molecule has 14 nitrogen and oxygen atoms in total. The molecule has 2 aromatic carbocycles. The molecule has 3 heterocycles. The number of hydrogen-bond acceptors (Lipinski definition) is 11. The molecule has 1 atom stereocenters. The molecule has 14 heteroatoms. The lowest BCUT2D eigenvalue weighted by molar-refractivity contribution is -0.136. The van der Waals surface area contributed by atoms with Crippen LogP contribution in [0.4, 0.5) is 5.69 Å². The van der Waals surface area contributed by atoms with Gasteiger partial charge in [-0.1, -0.05) is 24.3 Å². The summed E-state index contributed by atoms with van der Waals surface area (Å²) in [5.41, 5.74) is 7.51. The molecular weight excluding hydrogens is 668 g/mol. The summed E-state index contributed by atoms with van der Waals surface area (Å²) in [7, 11) is 0. The Kier molecular flexibility index (Phi) is 15.5. The Morgan fingerprint density at radius 2 is 1.50 bits per heavy atom. The number of hydrazine groups is 1. The summed E-state index contributed by atoms with van der Waals surface area (Å²) in [6.45, 7) is 11.6. The molecule has 1 aromatic heterocycles. The van der Waals surface area contributed by atoms with Gasteiger partial charge in [-0.15, -0.1) is 0 Å². The van der Waals surface area contributed by atoms with Crippen LogP contribution in [-0.2, 0) is 46.4 Å². The molecule has 0 saturated carbocycles. The number of carbonyl (C=O) groups is 2. The minimum atomic E-state index is -0.252. The SMILES string of the molecule is Cc1ccc(C)c(NC(=O)CC2CCOCCOCCN(Cc3nc4c(C)cccc4c(=O)n3CC(=O)N3CCOCC3)NCOCCOCC2)c1. The lowest BCUT2D eigenvalue weighted by atomic mass is 9.97. The van der Waals surface area contributed by atoms with E-state index in [9.17, 15) is 14.4 Å². The number of nitrogens with one attached hydrogen (secondary N) is 2. The van der Waals surface area contributed by atoms with Crippen molar-refractivity contribution in [2.45, 2.75) is 53.1 Å². The molecule has 3 aromatic rings. The van der Waals surface area contributed by atoms with E-state index in [0.29, 0.717) is 102 Å². The molecule has 0 spiro atoms. The van der Waals surface area contributed by atoms with E-state index < -0.39 is 0 Å².